The van der Waals surface area contributed by atoms with E-state index in [1.54, 1.807) is 0 Å². The summed E-state index contributed by atoms with van der Waals surface area (Å²) in [5.74, 6) is -0.113. The highest BCUT2D eigenvalue weighted by Gasteiger charge is 2.29. The SMILES string of the molecule is CS(=O)(=O)CCNCC(O)C(O)C(O)C(O)CO. The molecule has 0 aliphatic heterocycles. The predicted molar refractivity (Wildman–Crippen MR) is 63.7 cm³/mol. The quantitative estimate of drug-likeness (QED) is 0.235. The van der Waals surface area contributed by atoms with Crippen LogP contribution in [-0.4, -0.2) is 90.1 Å². The molecule has 4 unspecified atom stereocenters. The van der Waals surface area contributed by atoms with Crippen molar-refractivity contribution in [1.29, 1.82) is 0 Å². The number of aliphatic hydroxyl groups is 5. The fourth-order valence-corrected chi connectivity index (χ4v) is 1.71. The molecule has 0 rings (SSSR count). The summed E-state index contributed by atoms with van der Waals surface area (Å²) in [4.78, 5) is 0. The maximum atomic E-state index is 10.8. The van der Waals surface area contributed by atoms with Crippen LogP contribution in [0.4, 0.5) is 0 Å². The molecular formula is C9H21NO7S. The first kappa shape index (κ1) is 17.7. The third-order valence-corrected chi connectivity index (χ3v) is 3.27. The van der Waals surface area contributed by atoms with Gasteiger partial charge in [-0.25, -0.2) is 8.42 Å². The molecule has 0 heterocycles. The van der Waals surface area contributed by atoms with Crippen molar-refractivity contribution in [2.24, 2.45) is 0 Å². The summed E-state index contributed by atoms with van der Waals surface area (Å²) in [6, 6.07) is 0. The lowest BCUT2D eigenvalue weighted by Gasteiger charge is -2.25. The summed E-state index contributed by atoms with van der Waals surface area (Å²) in [5.41, 5.74) is 0. The van der Waals surface area contributed by atoms with Crippen LogP contribution in [-0.2, 0) is 9.84 Å². The van der Waals surface area contributed by atoms with Crippen LogP contribution < -0.4 is 5.32 Å². The van der Waals surface area contributed by atoms with Crippen LogP contribution >= 0.6 is 0 Å². The minimum Gasteiger partial charge on any atom is -0.394 e. The van der Waals surface area contributed by atoms with E-state index in [0.717, 1.165) is 6.26 Å². The van der Waals surface area contributed by atoms with Gasteiger partial charge in [0.15, 0.2) is 0 Å². The maximum absolute atomic E-state index is 10.8. The lowest BCUT2D eigenvalue weighted by Crippen LogP contribution is -2.49. The Hall–Kier alpha value is -0.290. The van der Waals surface area contributed by atoms with Crippen LogP contribution in [0, 0.1) is 0 Å². The number of aliphatic hydroxyl groups excluding tert-OH is 5. The van der Waals surface area contributed by atoms with E-state index in [0.29, 0.717) is 0 Å². The van der Waals surface area contributed by atoms with E-state index in [1.165, 1.54) is 0 Å². The monoisotopic (exact) mass is 287 g/mol. The molecule has 4 atom stereocenters. The van der Waals surface area contributed by atoms with Crippen LogP contribution in [0.5, 0.6) is 0 Å². The Morgan fingerprint density at radius 2 is 1.56 bits per heavy atom. The average Bonchev–Trinajstić information content (AvgIpc) is 2.30. The zero-order valence-corrected chi connectivity index (χ0v) is 10.9. The molecule has 0 saturated heterocycles. The molecule has 0 radical (unpaired) electrons. The molecule has 8 nitrogen and oxygen atoms in total. The van der Waals surface area contributed by atoms with E-state index in [4.69, 9.17) is 10.2 Å². The Bertz CT molecular complexity index is 321. The standard InChI is InChI=1S/C9H21NO7S/c1-18(16,17)3-2-10-4-6(12)8(14)9(15)7(13)5-11/h6-15H,2-5H2,1H3. The highest BCUT2D eigenvalue weighted by Crippen LogP contribution is 2.04. The zero-order valence-electron chi connectivity index (χ0n) is 10.1. The fraction of sp³-hybridized carbons (Fsp3) is 1.00. The first-order chi connectivity index (χ1) is 8.19. The minimum atomic E-state index is -3.11. The third kappa shape index (κ3) is 7.21. The van der Waals surface area contributed by atoms with Crippen molar-refractivity contribution in [3.05, 3.63) is 0 Å². The second kappa shape index (κ2) is 8.00. The molecule has 18 heavy (non-hydrogen) atoms. The Morgan fingerprint density at radius 3 is 2.00 bits per heavy atom. The van der Waals surface area contributed by atoms with Gasteiger partial charge in [-0.2, -0.15) is 0 Å². The number of hydrogen-bond acceptors (Lipinski definition) is 8. The van der Waals surface area contributed by atoms with Crippen molar-refractivity contribution in [1.82, 2.24) is 5.32 Å². The average molecular weight is 287 g/mol. The lowest BCUT2D eigenvalue weighted by molar-refractivity contribution is -0.113. The van der Waals surface area contributed by atoms with Gasteiger partial charge in [0, 0.05) is 19.3 Å². The molecule has 0 aromatic rings. The van der Waals surface area contributed by atoms with Crippen LogP contribution in [0.1, 0.15) is 0 Å². The van der Waals surface area contributed by atoms with Gasteiger partial charge in [-0.15, -0.1) is 0 Å². The molecule has 0 bridgehead atoms. The first-order valence-electron chi connectivity index (χ1n) is 5.40. The van der Waals surface area contributed by atoms with Crippen LogP contribution in [0.15, 0.2) is 0 Å². The lowest BCUT2D eigenvalue weighted by atomic mass is 10.0. The molecule has 0 aliphatic rings. The summed E-state index contributed by atoms with van der Waals surface area (Å²) in [5, 5.41) is 48.4. The number of sulfone groups is 1. The molecule has 0 amide bonds. The van der Waals surface area contributed by atoms with Gasteiger partial charge < -0.3 is 30.8 Å². The molecule has 0 saturated carbocycles. The predicted octanol–water partition coefficient (Wildman–Crippen LogP) is -3.94. The maximum Gasteiger partial charge on any atom is 0.148 e. The minimum absolute atomic E-state index is 0.0985. The molecule has 6 N–H and O–H groups in total. The smallest absolute Gasteiger partial charge is 0.148 e. The van der Waals surface area contributed by atoms with Crippen LogP contribution in [0.3, 0.4) is 0 Å². The number of hydrogen-bond donors (Lipinski definition) is 6. The van der Waals surface area contributed by atoms with Gasteiger partial charge in [0.25, 0.3) is 0 Å². The van der Waals surface area contributed by atoms with Crippen molar-refractivity contribution in [3.8, 4) is 0 Å². The van der Waals surface area contributed by atoms with Crippen LogP contribution in [0.2, 0.25) is 0 Å². The summed E-state index contributed by atoms with van der Waals surface area (Å²) < 4.78 is 21.6. The van der Waals surface area contributed by atoms with Gasteiger partial charge in [0.2, 0.25) is 0 Å². The van der Waals surface area contributed by atoms with E-state index in [2.05, 4.69) is 5.32 Å². The molecule has 0 aromatic carbocycles. The van der Waals surface area contributed by atoms with Crippen molar-refractivity contribution in [3.63, 3.8) is 0 Å². The Balaban J connectivity index is 3.98. The van der Waals surface area contributed by atoms with Gasteiger partial charge in [-0.3, -0.25) is 0 Å². The highest BCUT2D eigenvalue weighted by atomic mass is 32.2. The molecule has 0 aromatic heterocycles. The molecular weight excluding hydrogens is 266 g/mol. The number of nitrogens with one attached hydrogen (secondary N) is 1. The molecule has 0 spiro atoms. The van der Waals surface area contributed by atoms with E-state index in [-0.39, 0.29) is 18.8 Å². The third-order valence-electron chi connectivity index (χ3n) is 2.33. The van der Waals surface area contributed by atoms with Crippen LogP contribution in [0.25, 0.3) is 0 Å². The number of rotatable bonds is 9. The van der Waals surface area contributed by atoms with Gasteiger partial charge in [-0.1, -0.05) is 0 Å². The Morgan fingerprint density at radius 1 is 1.06 bits per heavy atom. The van der Waals surface area contributed by atoms with Crippen molar-refractivity contribution < 1.29 is 34.0 Å². The summed E-state index contributed by atoms with van der Waals surface area (Å²) >= 11 is 0. The van der Waals surface area contributed by atoms with Gasteiger partial charge in [0.1, 0.15) is 28.1 Å². The molecule has 0 aliphatic carbocycles. The Labute approximate surface area is 106 Å². The van der Waals surface area contributed by atoms with E-state index in [9.17, 15) is 23.7 Å². The second-order valence-corrected chi connectivity index (χ2v) is 6.39. The largest absolute Gasteiger partial charge is 0.394 e. The van der Waals surface area contributed by atoms with E-state index in [1.807, 2.05) is 0 Å². The van der Waals surface area contributed by atoms with E-state index >= 15 is 0 Å². The molecule has 9 heteroatoms. The summed E-state index contributed by atoms with van der Waals surface area (Å²) in [6.45, 7) is -0.792. The highest BCUT2D eigenvalue weighted by molar-refractivity contribution is 7.90. The van der Waals surface area contributed by atoms with E-state index < -0.39 is 40.9 Å². The summed E-state index contributed by atoms with van der Waals surface area (Å²) in [6.07, 6.45) is -5.19. The molecule has 110 valence electrons. The van der Waals surface area contributed by atoms with Gasteiger partial charge in [0.05, 0.1) is 18.5 Å². The normalized spacial score (nSPS) is 19.2. The molecule has 0 fully saturated rings. The first-order valence-corrected chi connectivity index (χ1v) is 7.46. The second-order valence-electron chi connectivity index (χ2n) is 4.13. The van der Waals surface area contributed by atoms with Crippen molar-refractivity contribution in [2.45, 2.75) is 24.4 Å². The Kier molecular flexibility index (Phi) is 7.87. The van der Waals surface area contributed by atoms with Gasteiger partial charge >= 0.3 is 0 Å². The summed E-state index contributed by atoms with van der Waals surface area (Å²) in [7, 11) is -3.11. The zero-order chi connectivity index (χ0) is 14.3. The van der Waals surface area contributed by atoms with Gasteiger partial charge in [-0.05, 0) is 0 Å². The van der Waals surface area contributed by atoms with Crippen molar-refractivity contribution >= 4 is 9.84 Å². The van der Waals surface area contributed by atoms with Crippen molar-refractivity contribution in [2.75, 3.05) is 31.7 Å². The topological polar surface area (TPSA) is 147 Å². The fourth-order valence-electron chi connectivity index (χ4n) is 1.19.